The van der Waals surface area contributed by atoms with Crippen molar-refractivity contribution in [2.45, 2.75) is 31.9 Å². The summed E-state index contributed by atoms with van der Waals surface area (Å²) in [5.74, 6) is -0.214. The van der Waals surface area contributed by atoms with Crippen LogP contribution in [0, 0.1) is 0 Å². The molecule has 102 valence electrons. The Labute approximate surface area is 113 Å². The minimum absolute atomic E-state index is 0.0881. The van der Waals surface area contributed by atoms with Gasteiger partial charge in [-0.05, 0) is 43.0 Å². The van der Waals surface area contributed by atoms with E-state index in [0.717, 1.165) is 50.1 Å². The van der Waals surface area contributed by atoms with E-state index in [9.17, 15) is 4.79 Å². The van der Waals surface area contributed by atoms with Gasteiger partial charge in [0.25, 0.3) is 0 Å². The normalized spacial score (nSPS) is 22.0. The Bertz CT molecular complexity index is 466. The fraction of sp³-hybridized carbons (Fsp3) is 0.533. The highest BCUT2D eigenvalue weighted by Gasteiger charge is 2.21. The van der Waals surface area contributed by atoms with Crippen molar-refractivity contribution >= 4 is 5.97 Å². The Balaban J connectivity index is 1.68. The van der Waals surface area contributed by atoms with Crippen LogP contribution in [0.15, 0.2) is 18.2 Å². The van der Waals surface area contributed by atoms with Gasteiger partial charge in [-0.15, -0.1) is 0 Å². The molecule has 19 heavy (non-hydrogen) atoms. The summed E-state index contributed by atoms with van der Waals surface area (Å²) in [6.45, 7) is 2.92. The molecule has 1 aromatic carbocycles. The lowest BCUT2D eigenvalue weighted by molar-refractivity contribution is 0.0160. The third-order valence-corrected chi connectivity index (χ3v) is 3.78. The molecule has 0 radical (unpaired) electrons. The first-order valence-corrected chi connectivity index (χ1v) is 6.95. The molecule has 0 aromatic heterocycles. The number of ether oxygens (including phenoxy) is 2. The zero-order valence-electron chi connectivity index (χ0n) is 11.0. The molecule has 0 saturated carbocycles. The number of carbonyl (C=O) groups excluding carboxylic acids is 1. The zero-order chi connectivity index (χ0) is 13.1. The average Bonchev–Trinajstić information content (AvgIpc) is 2.97. The van der Waals surface area contributed by atoms with Crippen molar-refractivity contribution in [1.29, 1.82) is 0 Å². The van der Waals surface area contributed by atoms with Gasteiger partial charge in [0.2, 0.25) is 0 Å². The SMILES string of the molecule is O=C(OCC1CCCO1)c1cccc2c1CCNC2. The van der Waals surface area contributed by atoms with Gasteiger partial charge in [-0.1, -0.05) is 12.1 Å². The zero-order valence-corrected chi connectivity index (χ0v) is 11.0. The number of hydrogen-bond donors (Lipinski definition) is 1. The van der Waals surface area contributed by atoms with E-state index in [0.29, 0.717) is 6.61 Å². The van der Waals surface area contributed by atoms with Gasteiger partial charge in [-0.2, -0.15) is 0 Å². The quantitative estimate of drug-likeness (QED) is 0.841. The van der Waals surface area contributed by atoms with Gasteiger partial charge in [0, 0.05) is 13.2 Å². The molecule has 0 bridgehead atoms. The molecule has 0 amide bonds. The molecule has 4 nitrogen and oxygen atoms in total. The second-order valence-electron chi connectivity index (χ2n) is 5.10. The van der Waals surface area contributed by atoms with Crippen LogP contribution in [-0.4, -0.2) is 31.8 Å². The van der Waals surface area contributed by atoms with Gasteiger partial charge >= 0.3 is 5.97 Å². The van der Waals surface area contributed by atoms with Crippen molar-refractivity contribution in [3.8, 4) is 0 Å². The Morgan fingerprint density at radius 2 is 2.42 bits per heavy atom. The predicted octanol–water partition coefficient (Wildman–Crippen LogP) is 1.67. The summed E-state index contributed by atoms with van der Waals surface area (Å²) in [7, 11) is 0. The topological polar surface area (TPSA) is 47.6 Å². The fourth-order valence-corrected chi connectivity index (χ4v) is 2.75. The number of fused-ring (bicyclic) bond motifs is 1. The van der Waals surface area contributed by atoms with Crippen LogP contribution in [0.5, 0.6) is 0 Å². The van der Waals surface area contributed by atoms with Crippen LogP contribution in [0.25, 0.3) is 0 Å². The second kappa shape index (κ2) is 5.72. The molecule has 1 saturated heterocycles. The maximum Gasteiger partial charge on any atom is 0.338 e. The van der Waals surface area contributed by atoms with E-state index in [2.05, 4.69) is 11.4 Å². The van der Waals surface area contributed by atoms with Crippen molar-refractivity contribution in [3.63, 3.8) is 0 Å². The molecule has 4 heteroatoms. The van der Waals surface area contributed by atoms with Crippen molar-refractivity contribution in [2.24, 2.45) is 0 Å². The fourth-order valence-electron chi connectivity index (χ4n) is 2.75. The van der Waals surface area contributed by atoms with E-state index < -0.39 is 0 Å². The summed E-state index contributed by atoms with van der Waals surface area (Å²) in [4.78, 5) is 12.2. The number of carbonyl (C=O) groups is 1. The summed E-state index contributed by atoms with van der Waals surface area (Å²) < 4.78 is 10.9. The summed E-state index contributed by atoms with van der Waals surface area (Å²) in [6.07, 6.45) is 3.03. The van der Waals surface area contributed by atoms with Crippen LogP contribution in [0.3, 0.4) is 0 Å². The van der Waals surface area contributed by atoms with Gasteiger partial charge < -0.3 is 14.8 Å². The third-order valence-electron chi connectivity index (χ3n) is 3.78. The van der Waals surface area contributed by atoms with Crippen molar-refractivity contribution in [3.05, 3.63) is 34.9 Å². The van der Waals surface area contributed by atoms with Gasteiger partial charge in [-0.3, -0.25) is 0 Å². The highest BCUT2D eigenvalue weighted by Crippen LogP contribution is 2.20. The summed E-state index contributed by atoms with van der Waals surface area (Å²) >= 11 is 0. The van der Waals surface area contributed by atoms with Crippen LogP contribution < -0.4 is 5.32 Å². The first kappa shape index (κ1) is 12.6. The van der Waals surface area contributed by atoms with Crippen LogP contribution in [-0.2, 0) is 22.4 Å². The molecule has 1 aromatic rings. The molecule has 2 heterocycles. The van der Waals surface area contributed by atoms with Crippen molar-refractivity contribution in [2.75, 3.05) is 19.8 Å². The predicted molar refractivity (Wildman–Crippen MR) is 71.1 cm³/mol. The van der Waals surface area contributed by atoms with E-state index in [-0.39, 0.29) is 12.1 Å². The van der Waals surface area contributed by atoms with Gasteiger partial charge in [0.05, 0.1) is 11.7 Å². The first-order valence-electron chi connectivity index (χ1n) is 6.95. The third kappa shape index (κ3) is 2.80. The molecular weight excluding hydrogens is 242 g/mol. The van der Waals surface area contributed by atoms with E-state index in [4.69, 9.17) is 9.47 Å². The second-order valence-corrected chi connectivity index (χ2v) is 5.10. The lowest BCUT2D eigenvalue weighted by atomic mass is 9.95. The Hall–Kier alpha value is -1.39. The molecule has 1 atom stereocenters. The number of benzene rings is 1. The molecular formula is C15H19NO3. The van der Waals surface area contributed by atoms with Crippen LogP contribution in [0.2, 0.25) is 0 Å². The molecule has 1 N–H and O–H groups in total. The standard InChI is InChI=1S/C15H19NO3/c17-15(19-10-12-4-2-8-18-12)14-5-1-3-11-9-16-7-6-13(11)14/h1,3,5,12,16H,2,4,6-10H2. The van der Waals surface area contributed by atoms with Crippen molar-refractivity contribution in [1.82, 2.24) is 5.32 Å². The largest absolute Gasteiger partial charge is 0.459 e. The van der Waals surface area contributed by atoms with E-state index in [1.807, 2.05) is 12.1 Å². The molecule has 1 fully saturated rings. The van der Waals surface area contributed by atoms with Crippen LogP contribution in [0.4, 0.5) is 0 Å². The summed E-state index contributed by atoms with van der Waals surface area (Å²) in [5, 5.41) is 3.31. The van der Waals surface area contributed by atoms with Gasteiger partial charge in [0.1, 0.15) is 6.61 Å². The Morgan fingerprint density at radius 1 is 1.47 bits per heavy atom. The average molecular weight is 261 g/mol. The first-order chi connectivity index (χ1) is 9.34. The van der Waals surface area contributed by atoms with E-state index >= 15 is 0 Å². The minimum atomic E-state index is -0.214. The van der Waals surface area contributed by atoms with Crippen molar-refractivity contribution < 1.29 is 14.3 Å². The molecule has 0 aliphatic carbocycles. The maximum atomic E-state index is 12.2. The monoisotopic (exact) mass is 261 g/mol. The lowest BCUT2D eigenvalue weighted by Gasteiger charge is -2.20. The number of rotatable bonds is 3. The van der Waals surface area contributed by atoms with Gasteiger partial charge in [0.15, 0.2) is 0 Å². The highest BCUT2D eigenvalue weighted by molar-refractivity contribution is 5.91. The summed E-state index contributed by atoms with van der Waals surface area (Å²) in [6, 6.07) is 5.86. The molecule has 1 unspecified atom stereocenters. The minimum Gasteiger partial charge on any atom is -0.459 e. The highest BCUT2D eigenvalue weighted by atomic mass is 16.6. The van der Waals surface area contributed by atoms with E-state index in [1.54, 1.807) is 0 Å². The lowest BCUT2D eigenvalue weighted by Crippen LogP contribution is -2.26. The Morgan fingerprint density at radius 3 is 3.26 bits per heavy atom. The van der Waals surface area contributed by atoms with Crippen LogP contribution >= 0.6 is 0 Å². The number of nitrogens with one attached hydrogen (secondary N) is 1. The molecule has 0 spiro atoms. The Kier molecular flexibility index (Phi) is 3.80. The number of hydrogen-bond acceptors (Lipinski definition) is 4. The molecule has 2 aliphatic heterocycles. The summed E-state index contributed by atoms with van der Waals surface area (Å²) in [5.41, 5.74) is 3.06. The molecule has 3 rings (SSSR count). The van der Waals surface area contributed by atoms with E-state index in [1.165, 1.54) is 5.56 Å². The maximum absolute atomic E-state index is 12.2. The smallest absolute Gasteiger partial charge is 0.338 e. The van der Waals surface area contributed by atoms with Crippen LogP contribution in [0.1, 0.15) is 34.3 Å². The molecule has 2 aliphatic rings. The number of esters is 1. The van der Waals surface area contributed by atoms with Gasteiger partial charge in [-0.25, -0.2) is 4.79 Å².